The third-order valence-corrected chi connectivity index (χ3v) is 4.29. The molecule has 1 aliphatic heterocycles. The first kappa shape index (κ1) is 16.6. The van der Waals surface area contributed by atoms with Gasteiger partial charge in [0.1, 0.15) is 5.75 Å². The van der Waals surface area contributed by atoms with Gasteiger partial charge in [-0.05, 0) is 56.5 Å². The molecular formula is C17H26ClNO2. The van der Waals surface area contributed by atoms with E-state index in [2.05, 4.69) is 26.1 Å². The zero-order valence-corrected chi connectivity index (χ0v) is 14.2. The van der Waals surface area contributed by atoms with Gasteiger partial charge in [0.05, 0.1) is 12.2 Å². The lowest BCUT2D eigenvalue weighted by Gasteiger charge is -2.29. The molecule has 0 fully saturated rings. The highest BCUT2D eigenvalue weighted by molar-refractivity contribution is 6.30. The van der Waals surface area contributed by atoms with E-state index in [1.807, 2.05) is 12.1 Å². The summed E-state index contributed by atoms with van der Waals surface area (Å²) < 4.78 is 11.4. The summed E-state index contributed by atoms with van der Waals surface area (Å²) in [5, 5.41) is 4.35. The van der Waals surface area contributed by atoms with Crippen LogP contribution in [0.2, 0.25) is 5.02 Å². The number of hydrogen-bond donors (Lipinski definition) is 1. The van der Waals surface area contributed by atoms with E-state index in [1.165, 1.54) is 11.1 Å². The molecule has 0 saturated heterocycles. The molecule has 0 bridgehead atoms. The maximum atomic E-state index is 6.25. The first-order chi connectivity index (χ1) is 9.95. The molecule has 1 unspecified atom stereocenters. The van der Waals surface area contributed by atoms with Gasteiger partial charge in [0.15, 0.2) is 0 Å². The summed E-state index contributed by atoms with van der Waals surface area (Å²) in [5.74, 6) is 1.04. The number of rotatable bonds is 7. The second-order valence-corrected chi connectivity index (χ2v) is 6.71. The molecule has 0 aromatic heterocycles. The molecule has 0 radical (unpaired) electrons. The van der Waals surface area contributed by atoms with Gasteiger partial charge < -0.3 is 14.8 Å². The van der Waals surface area contributed by atoms with Crippen LogP contribution in [0.15, 0.2) is 12.1 Å². The molecule has 21 heavy (non-hydrogen) atoms. The van der Waals surface area contributed by atoms with Gasteiger partial charge in [-0.25, -0.2) is 0 Å². The number of methoxy groups -OCH3 is 1. The molecule has 1 heterocycles. The summed E-state index contributed by atoms with van der Waals surface area (Å²) >= 11 is 6.25. The van der Waals surface area contributed by atoms with Crippen molar-refractivity contribution in [1.82, 2.24) is 5.32 Å². The van der Waals surface area contributed by atoms with Crippen LogP contribution in [0.4, 0.5) is 0 Å². The fraction of sp³-hybridized carbons (Fsp3) is 0.647. The molecule has 2 rings (SSSR count). The van der Waals surface area contributed by atoms with Gasteiger partial charge in [-0.1, -0.05) is 18.5 Å². The number of fused-ring (bicyclic) bond motifs is 1. The Balaban J connectivity index is 2.17. The fourth-order valence-corrected chi connectivity index (χ4v) is 3.21. The third kappa shape index (κ3) is 4.35. The van der Waals surface area contributed by atoms with Crippen LogP contribution in [-0.2, 0) is 17.6 Å². The largest absolute Gasteiger partial charge is 0.493 e. The molecule has 118 valence electrons. The molecule has 1 aliphatic rings. The minimum Gasteiger partial charge on any atom is -0.493 e. The monoisotopic (exact) mass is 311 g/mol. The first-order valence-corrected chi connectivity index (χ1v) is 8.05. The molecule has 1 aromatic carbocycles. The van der Waals surface area contributed by atoms with Crippen LogP contribution in [0.3, 0.4) is 0 Å². The number of ether oxygens (including phenoxy) is 2. The SMILES string of the molecule is CCNC(Cc1cc(Cl)cc2c1OCC2)CC(C)(C)OC. The molecular weight excluding hydrogens is 286 g/mol. The Labute approximate surface area is 133 Å². The van der Waals surface area contributed by atoms with Gasteiger partial charge in [0, 0.05) is 24.6 Å². The number of hydrogen-bond acceptors (Lipinski definition) is 3. The van der Waals surface area contributed by atoms with Crippen LogP contribution < -0.4 is 10.1 Å². The topological polar surface area (TPSA) is 30.5 Å². The molecule has 1 N–H and O–H groups in total. The number of likely N-dealkylation sites (N-methyl/N-ethyl adjacent to an activating group) is 1. The summed E-state index contributed by atoms with van der Waals surface area (Å²) in [6, 6.07) is 4.40. The average molecular weight is 312 g/mol. The van der Waals surface area contributed by atoms with Gasteiger partial charge in [-0.2, -0.15) is 0 Å². The van der Waals surface area contributed by atoms with E-state index in [4.69, 9.17) is 21.1 Å². The Morgan fingerprint density at radius 1 is 1.43 bits per heavy atom. The van der Waals surface area contributed by atoms with Gasteiger partial charge in [0.25, 0.3) is 0 Å². The summed E-state index contributed by atoms with van der Waals surface area (Å²) in [4.78, 5) is 0. The van der Waals surface area contributed by atoms with E-state index in [1.54, 1.807) is 7.11 Å². The van der Waals surface area contributed by atoms with E-state index < -0.39 is 0 Å². The molecule has 0 spiro atoms. The number of halogens is 1. The molecule has 0 aliphatic carbocycles. The second-order valence-electron chi connectivity index (χ2n) is 6.28. The Morgan fingerprint density at radius 3 is 2.86 bits per heavy atom. The zero-order valence-electron chi connectivity index (χ0n) is 13.5. The molecule has 0 amide bonds. The van der Waals surface area contributed by atoms with Crippen molar-refractivity contribution < 1.29 is 9.47 Å². The van der Waals surface area contributed by atoms with Crippen LogP contribution in [0.1, 0.15) is 38.3 Å². The van der Waals surface area contributed by atoms with Crippen LogP contribution >= 0.6 is 11.6 Å². The normalized spacial score (nSPS) is 15.7. The van der Waals surface area contributed by atoms with Crippen LogP contribution in [-0.4, -0.2) is 31.9 Å². The predicted molar refractivity (Wildman–Crippen MR) is 87.5 cm³/mol. The van der Waals surface area contributed by atoms with Crippen molar-refractivity contribution in [2.24, 2.45) is 0 Å². The van der Waals surface area contributed by atoms with Gasteiger partial charge in [-0.15, -0.1) is 0 Å². The summed E-state index contributed by atoms with van der Waals surface area (Å²) in [6.45, 7) is 8.07. The van der Waals surface area contributed by atoms with Crippen molar-refractivity contribution in [3.8, 4) is 5.75 Å². The minimum atomic E-state index is -0.143. The third-order valence-electron chi connectivity index (χ3n) is 4.08. The predicted octanol–water partition coefficient (Wildman–Crippen LogP) is 3.61. The van der Waals surface area contributed by atoms with Crippen molar-refractivity contribution in [2.75, 3.05) is 20.3 Å². The molecule has 1 atom stereocenters. The molecule has 0 saturated carbocycles. The summed E-state index contributed by atoms with van der Waals surface area (Å²) in [6.07, 6.45) is 2.81. The highest BCUT2D eigenvalue weighted by Gasteiger charge is 2.25. The minimum absolute atomic E-state index is 0.143. The van der Waals surface area contributed by atoms with Crippen molar-refractivity contribution in [3.05, 3.63) is 28.3 Å². The number of benzene rings is 1. The van der Waals surface area contributed by atoms with Gasteiger partial charge in [-0.3, -0.25) is 0 Å². The Bertz CT molecular complexity index is 488. The maximum absolute atomic E-state index is 6.25. The highest BCUT2D eigenvalue weighted by atomic mass is 35.5. The van der Waals surface area contributed by atoms with Crippen LogP contribution in [0.25, 0.3) is 0 Å². The second kappa shape index (κ2) is 6.99. The van der Waals surface area contributed by atoms with E-state index >= 15 is 0 Å². The van der Waals surface area contributed by atoms with E-state index in [-0.39, 0.29) is 5.60 Å². The highest BCUT2D eigenvalue weighted by Crippen LogP contribution is 2.34. The smallest absolute Gasteiger partial charge is 0.125 e. The van der Waals surface area contributed by atoms with Crippen molar-refractivity contribution >= 4 is 11.6 Å². The van der Waals surface area contributed by atoms with Gasteiger partial charge >= 0.3 is 0 Å². The Kier molecular flexibility index (Phi) is 5.53. The average Bonchev–Trinajstić information content (AvgIpc) is 2.86. The van der Waals surface area contributed by atoms with Crippen LogP contribution in [0.5, 0.6) is 5.75 Å². The van der Waals surface area contributed by atoms with Crippen molar-refractivity contribution in [3.63, 3.8) is 0 Å². The maximum Gasteiger partial charge on any atom is 0.125 e. The lowest BCUT2D eigenvalue weighted by molar-refractivity contribution is 0.00722. The lowest BCUT2D eigenvalue weighted by atomic mass is 9.93. The van der Waals surface area contributed by atoms with E-state index in [0.717, 1.165) is 43.2 Å². The Morgan fingerprint density at radius 2 is 2.19 bits per heavy atom. The molecule has 1 aromatic rings. The van der Waals surface area contributed by atoms with E-state index in [9.17, 15) is 0 Å². The zero-order chi connectivity index (χ0) is 15.5. The van der Waals surface area contributed by atoms with Crippen molar-refractivity contribution in [1.29, 1.82) is 0 Å². The quantitative estimate of drug-likeness (QED) is 0.834. The van der Waals surface area contributed by atoms with Gasteiger partial charge in [0.2, 0.25) is 0 Å². The lowest BCUT2D eigenvalue weighted by Crippen LogP contribution is -2.39. The number of nitrogens with one attached hydrogen (secondary N) is 1. The van der Waals surface area contributed by atoms with Crippen LogP contribution in [0, 0.1) is 0 Å². The molecule has 3 nitrogen and oxygen atoms in total. The van der Waals surface area contributed by atoms with Crippen molar-refractivity contribution in [2.45, 2.75) is 51.7 Å². The summed E-state index contributed by atoms with van der Waals surface area (Å²) in [5.41, 5.74) is 2.29. The fourth-order valence-electron chi connectivity index (χ4n) is 2.95. The van der Waals surface area contributed by atoms with E-state index in [0.29, 0.717) is 6.04 Å². The first-order valence-electron chi connectivity index (χ1n) is 7.68. The molecule has 4 heteroatoms. The Hall–Kier alpha value is -0.770. The summed E-state index contributed by atoms with van der Waals surface area (Å²) in [7, 11) is 1.77. The standard InChI is InChI=1S/C17H26ClNO2/c1-5-19-15(11-17(2,3)20-4)10-13-9-14(18)8-12-6-7-21-16(12)13/h8-9,15,19H,5-7,10-11H2,1-4H3.